The standard InChI is InChI=1S/C19H28N6O/c1-14(2)11-17(21-15(3)26)19-23-22-18-6-8-24(9-10-25(18)19)13-16-5-4-7-20-12-16/h4-5,7,12,14,17H,6,8-11,13H2,1-3H3,(H,21,26). The van der Waals surface area contributed by atoms with Gasteiger partial charge in [-0.3, -0.25) is 14.7 Å². The van der Waals surface area contributed by atoms with E-state index in [2.05, 4.69) is 49.9 Å². The number of amides is 1. The lowest BCUT2D eigenvalue weighted by atomic mass is 10.0. The minimum Gasteiger partial charge on any atom is -0.346 e. The van der Waals surface area contributed by atoms with Gasteiger partial charge in [-0.15, -0.1) is 10.2 Å². The molecule has 0 saturated carbocycles. The van der Waals surface area contributed by atoms with Crippen molar-refractivity contribution < 1.29 is 4.79 Å². The molecule has 0 saturated heterocycles. The Morgan fingerprint density at radius 1 is 1.27 bits per heavy atom. The van der Waals surface area contributed by atoms with Crippen LogP contribution in [0.3, 0.4) is 0 Å². The SMILES string of the molecule is CC(=O)NC(CC(C)C)c1nnc2n1CCN(Cc1cccnc1)CC2. The number of hydrogen-bond donors (Lipinski definition) is 1. The van der Waals surface area contributed by atoms with Crippen LogP contribution >= 0.6 is 0 Å². The molecule has 7 nitrogen and oxygen atoms in total. The van der Waals surface area contributed by atoms with Crippen molar-refractivity contribution in [1.82, 2.24) is 30.0 Å². The van der Waals surface area contributed by atoms with Crippen LogP contribution in [-0.4, -0.2) is 43.6 Å². The fraction of sp³-hybridized carbons (Fsp3) is 0.579. The Morgan fingerprint density at radius 2 is 2.12 bits per heavy atom. The molecule has 0 spiro atoms. The van der Waals surface area contributed by atoms with E-state index in [9.17, 15) is 4.79 Å². The predicted molar refractivity (Wildman–Crippen MR) is 99.3 cm³/mol. The fourth-order valence-electron chi connectivity index (χ4n) is 3.50. The lowest BCUT2D eigenvalue weighted by molar-refractivity contribution is -0.119. The number of aromatic nitrogens is 4. The number of carbonyl (C=O) groups excluding carboxylic acids is 1. The number of rotatable bonds is 6. The lowest BCUT2D eigenvalue weighted by Gasteiger charge is -2.21. The summed E-state index contributed by atoms with van der Waals surface area (Å²) >= 11 is 0. The normalized spacial score (nSPS) is 16.2. The highest BCUT2D eigenvalue weighted by Crippen LogP contribution is 2.22. The Balaban J connectivity index is 1.73. The van der Waals surface area contributed by atoms with Crippen LogP contribution in [0.25, 0.3) is 0 Å². The van der Waals surface area contributed by atoms with E-state index in [-0.39, 0.29) is 11.9 Å². The zero-order valence-corrected chi connectivity index (χ0v) is 15.9. The summed E-state index contributed by atoms with van der Waals surface area (Å²) in [4.78, 5) is 18.3. The maximum atomic E-state index is 11.6. The number of fused-ring (bicyclic) bond motifs is 1. The fourth-order valence-corrected chi connectivity index (χ4v) is 3.50. The molecule has 1 atom stereocenters. The first-order valence-electron chi connectivity index (χ1n) is 9.33. The molecule has 1 amide bonds. The number of nitrogens with one attached hydrogen (secondary N) is 1. The molecular formula is C19H28N6O. The van der Waals surface area contributed by atoms with Crippen molar-refractivity contribution in [2.24, 2.45) is 5.92 Å². The summed E-state index contributed by atoms with van der Waals surface area (Å²) in [7, 11) is 0. The molecule has 0 aliphatic carbocycles. The van der Waals surface area contributed by atoms with Crippen LogP contribution in [0.1, 0.15) is 50.4 Å². The van der Waals surface area contributed by atoms with Gasteiger partial charge in [0, 0.05) is 51.9 Å². The molecule has 1 unspecified atom stereocenters. The predicted octanol–water partition coefficient (Wildman–Crippen LogP) is 1.95. The number of hydrogen-bond acceptors (Lipinski definition) is 5. The van der Waals surface area contributed by atoms with Gasteiger partial charge in [-0.1, -0.05) is 19.9 Å². The monoisotopic (exact) mass is 356 g/mol. The lowest BCUT2D eigenvalue weighted by Crippen LogP contribution is -2.31. The average Bonchev–Trinajstić information content (AvgIpc) is 2.90. The summed E-state index contributed by atoms with van der Waals surface area (Å²) in [6.45, 7) is 9.48. The first-order chi connectivity index (χ1) is 12.5. The Labute approximate surface area is 154 Å². The Hall–Kier alpha value is -2.28. The molecule has 1 N–H and O–H groups in total. The van der Waals surface area contributed by atoms with Crippen LogP contribution in [-0.2, 0) is 24.3 Å². The van der Waals surface area contributed by atoms with Gasteiger partial charge in [0.05, 0.1) is 6.04 Å². The van der Waals surface area contributed by atoms with Crippen LogP contribution in [0.5, 0.6) is 0 Å². The molecule has 1 aliphatic rings. The molecule has 0 aromatic carbocycles. The molecular weight excluding hydrogens is 328 g/mol. The van der Waals surface area contributed by atoms with Gasteiger partial charge in [-0.2, -0.15) is 0 Å². The minimum atomic E-state index is -0.0846. The van der Waals surface area contributed by atoms with Gasteiger partial charge >= 0.3 is 0 Å². The van der Waals surface area contributed by atoms with Crippen molar-refractivity contribution in [3.8, 4) is 0 Å². The van der Waals surface area contributed by atoms with E-state index in [0.717, 1.165) is 50.7 Å². The summed E-state index contributed by atoms with van der Waals surface area (Å²) in [6.07, 6.45) is 5.45. The van der Waals surface area contributed by atoms with Crippen LogP contribution in [0.4, 0.5) is 0 Å². The molecule has 7 heteroatoms. The highest BCUT2D eigenvalue weighted by Gasteiger charge is 2.25. The van der Waals surface area contributed by atoms with Gasteiger partial charge < -0.3 is 9.88 Å². The van der Waals surface area contributed by atoms with Gasteiger partial charge in [0.1, 0.15) is 5.82 Å². The molecule has 3 heterocycles. The third-order valence-electron chi connectivity index (χ3n) is 4.67. The summed E-state index contributed by atoms with van der Waals surface area (Å²) < 4.78 is 2.20. The number of nitrogens with zero attached hydrogens (tertiary/aromatic N) is 5. The van der Waals surface area contributed by atoms with Crippen molar-refractivity contribution in [3.05, 3.63) is 41.7 Å². The molecule has 0 bridgehead atoms. The van der Waals surface area contributed by atoms with E-state index in [0.29, 0.717) is 5.92 Å². The Bertz CT molecular complexity index is 727. The second-order valence-corrected chi connectivity index (χ2v) is 7.40. The maximum Gasteiger partial charge on any atom is 0.217 e. The van der Waals surface area contributed by atoms with Crippen molar-refractivity contribution >= 4 is 5.91 Å². The summed E-state index contributed by atoms with van der Waals surface area (Å²) in [5, 5.41) is 11.9. The Morgan fingerprint density at radius 3 is 2.81 bits per heavy atom. The third kappa shape index (κ3) is 4.66. The molecule has 1 aliphatic heterocycles. The highest BCUT2D eigenvalue weighted by molar-refractivity contribution is 5.73. The van der Waals surface area contributed by atoms with E-state index in [1.165, 1.54) is 5.56 Å². The van der Waals surface area contributed by atoms with Crippen LogP contribution in [0, 0.1) is 5.92 Å². The third-order valence-corrected chi connectivity index (χ3v) is 4.67. The first kappa shape index (κ1) is 18.5. The van der Waals surface area contributed by atoms with Gasteiger partial charge in [0.25, 0.3) is 0 Å². The van der Waals surface area contributed by atoms with E-state index in [4.69, 9.17) is 0 Å². The molecule has 0 fully saturated rings. The Kier molecular flexibility index (Phi) is 5.98. The number of pyridine rings is 1. The van der Waals surface area contributed by atoms with Crippen molar-refractivity contribution in [2.45, 2.75) is 52.7 Å². The van der Waals surface area contributed by atoms with E-state index < -0.39 is 0 Å². The molecule has 0 radical (unpaired) electrons. The maximum absolute atomic E-state index is 11.6. The molecule has 2 aromatic heterocycles. The second kappa shape index (κ2) is 8.40. The quantitative estimate of drug-likeness (QED) is 0.856. The van der Waals surface area contributed by atoms with Gasteiger partial charge in [-0.25, -0.2) is 0 Å². The molecule has 3 rings (SSSR count). The molecule has 2 aromatic rings. The molecule has 26 heavy (non-hydrogen) atoms. The van der Waals surface area contributed by atoms with Crippen LogP contribution in [0.15, 0.2) is 24.5 Å². The molecule has 140 valence electrons. The van der Waals surface area contributed by atoms with Crippen molar-refractivity contribution in [2.75, 3.05) is 13.1 Å². The van der Waals surface area contributed by atoms with Crippen molar-refractivity contribution in [3.63, 3.8) is 0 Å². The first-order valence-corrected chi connectivity index (χ1v) is 9.33. The van der Waals surface area contributed by atoms with E-state index >= 15 is 0 Å². The topological polar surface area (TPSA) is 75.9 Å². The van der Waals surface area contributed by atoms with Crippen molar-refractivity contribution in [1.29, 1.82) is 0 Å². The zero-order chi connectivity index (χ0) is 18.5. The average molecular weight is 356 g/mol. The summed E-state index contributed by atoms with van der Waals surface area (Å²) in [5.41, 5.74) is 1.22. The van der Waals surface area contributed by atoms with Gasteiger partial charge in [-0.05, 0) is 24.0 Å². The zero-order valence-electron chi connectivity index (χ0n) is 15.9. The largest absolute Gasteiger partial charge is 0.346 e. The summed E-state index contributed by atoms with van der Waals surface area (Å²) in [6, 6.07) is 4.00. The highest BCUT2D eigenvalue weighted by atomic mass is 16.1. The summed E-state index contributed by atoms with van der Waals surface area (Å²) in [5.74, 6) is 2.33. The minimum absolute atomic E-state index is 0.0279. The smallest absolute Gasteiger partial charge is 0.217 e. The van der Waals surface area contributed by atoms with E-state index in [1.807, 2.05) is 12.3 Å². The second-order valence-electron chi connectivity index (χ2n) is 7.40. The van der Waals surface area contributed by atoms with E-state index in [1.54, 1.807) is 13.1 Å². The van der Waals surface area contributed by atoms with Crippen LogP contribution < -0.4 is 5.32 Å². The van der Waals surface area contributed by atoms with Gasteiger partial charge in [0.2, 0.25) is 5.91 Å². The van der Waals surface area contributed by atoms with Gasteiger partial charge in [0.15, 0.2) is 5.82 Å². The van der Waals surface area contributed by atoms with Crippen LogP contribution in [0.2, 0.25) is 0 Å². The number of carbonyl (C=O) groups is 1.